The number of hydrogen-bond donors (Lipinski definition) is 2. The van der Waals surface area contributed by atoms with Gasteiger partial charge in [0.2, 0.25) is 11.8 Å². The summed E-state index contributed by atoms with van der Waals surface area (Å²) in [5.41, 5.74) is 1.41. The highest BCUT2D eigenvalue weighted by atomic mass is 32.2. The summed E-state index contributed by atoms with van der Waals surface area (Å²) in [5.74, 6) is 1.05. The van der Waals surface area contributed by atoms with E-state index >= 15 is 0 Å². The summed E-state index contributed by atoms with van der Waals surface area (Å²) in [4.78, 5) is 23.6. The van der Waals surface area contributed by atoms with Gasteiger partial charge in [-0.15, -0.1) is 0 Å². The van der Waals surface area contributed by atoms with Crippen LogP contribution in [0.3, 0.4) is 0 Å². The van der Waals surface area contributed by atoms with Crippen molar-refractivity contribution in [2.24, 2.45) is 5.92 Å². The number of fused-ring (bicyclic) bond motifs is 1. The highest BCUT2D eigenvalue weighted by Crippen LogP contribution is 2.26. The van der Waals surface area contributed by atoms with E-state index in [1.165, 1.54) is 12.1 Å². The molecule has 2 amide bonds. The zero-order chi connectivity index (χ0) is 16.4. The van der Waals surface area contributed by atoms with Crippen LogP contribution in [0.2, 0.25) is 0 Å². The maximum absolute atomic E-state index is 12.4. The fourth-order valence-corrected chi connectivity index (χ4v) is 4.96. The van der Waals surface area contributed by atoms with Gasteiger partial charge in [0.1, 0.15) is 0 Å². The molecule has 23 heavy (non-hydrogen) atoms. The van der Waals surface area contributed by atoms with Crippen LogP contribution in [0.5, 0.6) is 0 Å². The Labute approximate surface area is 139 Å². The second-order valence-electron chi connectivity index (χ2n) is 5.72. The maximum Gasteiger partial charge on any atom is 0.264 e. The number of hydrogen-bond acceptors (Lipinski definition) is 5. The molecule has 0 unspecified atom stereocenters. The number of aryl methyl sites for hydroxylation is 1. The van der Waals surface area contributed by atoms with Crippen molar-refractivity contribution in [2.45, 2.75) is 30.6 Å². The van der Waals surface area contributed by atoms with E-state index in [4.69, 9.17) is 0 Å². The van der Waals surface area contributed by atoms with Crippen LogP contribution < -0.4 is 10.0 Å². The molecular formula is C15H18N2O4S2. The van der Waals surface area contributed by atoms with Crippen LogP contribution in [0.1, 0.15) is 24.8 Å². The molecule has 2 heterocycles. The van der Waals surface area contributed by atoms with Crippen molar-refractivity contribution < 1.29 is 18.0 Å². The van der Waals surface area contributed by atoms with Gasteiger partial charge in [-0.3, -0.25) is 9.59 Å². The van der Waals surface area contributed by atoms with Crippen LogP contribution in [0.25, 0.3) is 0 Å². The van der Waals surface area contributed by atoms with E-state index in [0.29, 0.717) is 31.4 Å². The van der Waals surface area contributed by atoms with E-state index in [9.17, 15) is 18.0 Å². The zero-order valence-corrected chi connectivity index (χ0v) is 14.1. The number of benzene rings is 1. The molecule has 2 aliphatic rings. The summed E-state index contributed by atoms with van der Waals surface area (Å²) in [6, 6.07) is 4.51. The number of sulfonamides is 1. The summed E-state index contributed by atoms with van der Waals surface area (Å²) in [6.07, 6.45) is 2.26. The van der Waals surface area contributed by atoms with Crippen LogP contribution in [-0.4, -0.2) is 31.7 Å². The van der Waals surface area contributed by atoms with Gasteiger partial charge in [0, 0.05) is 18.0 Å². The Hall–Kier alpha value is -1.54. The zero-order valence-electron chi connectivity index (χ0n) is 12.5. The monoisotopic (exact) mass is 354 g/mol. The first kappa shape index (κ1) is 16.3. The van der Waals surface area contributed by atoms with Gasteiger partial charge in [0.25, 0.3) is 10.0 Å². The minimum Gasteiger partial charge on any atom is -0.326 e. The molecule has 0 bridgehead atoms. The van der Waals surface area contributed by atoms with Crippen molar-refractivity contribution in [2.75, 3.05) is 16.8 Å². The lowest BCUT2D eigenvalue weighted by Gasteiger charge is -2.21. The van der Waals surface area contributed by atoms with Crippen LogP contribution >= 0.6 is 11.8 Å². The van der Waals surface area contributed by atoms with Crippen LogP contribution in [0.4, 0.5) is 5.69 Å². The number of carbonyl (C=O) groups excluding carboxylic acids is 2. The number of nitrogens with one attached hydrogen (secondary N) is 2. The van der Waals surface area contributed by atoms with Crippen LogP contribution in [0.15, 0.2) is 23.1 Å². The smallest absolute Gasteiger partial charge is 0.264 e. The predicted molar refractivity (Wildman–Crippen MR) is 88.8 cm³/mol. The SMILES string of the molecule is O=C1CCc2cc(S(=O)(=O)NC(=O)C3CCSCC3)ccc2N1. The molecule has 1 aromatic carbocycles. The molecule has 0 spiro atoms. The Kier molecular flexibility index (Phi) is 4.63. The molecule has 0 aliphatic carbocycles. The standard InChI is InChI=1S/C15H18N2O4S2/c18-14-4-1-11-9-12(2-3-13(11)16-14)23(20,21)17-15(19)10-5-7-22-8-6-10/h2-3,9-10H,1,4-8H2,(H,16,18)(H,17,19). The first-order chi connectivity index (χ1) is 11.0. The average molecular weight is 354 g/mol. The van der Waals surface area contributed by atoms with E-state index in [1.54, 1.807) is 17.8 Å². The molecular weight excluding hydrogens is 336 g/mol. The number of carbonyl (C=O) groups is 2. The van der Waals surface area contributed by atoms with Gasteiger partial charge in [-0.05, 0) is 54.5 Å². The summed E-state index contributed by atoms with van der Waals surface area (Å²) >= 11 is 1.78. The van der Waals surface area contributed by atoms with Gasteiger partial charge in [-0.2, -0.15) is 11.8 Å². The van der Waals surface area contributed by atoms with Crippen molar-refractivity contribution in [3.8, 4) is 0 Å². The lowest BCUT2D eigenvalue weighted by atomic mass is 10.0. The quantitative estimate of drug-likeness (QED) is 0.858. The molecule has 2 aliphatic heterocycles. The third-order valence-corrected chi connectivity index (χ3v) is 6.50. The van der Waals surface area contributed by atoms with Crippen LogP contribution in [-0.2, 0) is 26.0 Å². The van der Waals surface area contributed by atoms with E-state index in [0.717, 1.165) is 17.1 Å². The fraction of sp³-hybridized carbons (Fsp3) is 0.467. The summed E-state index contributed by atoms with van der Waals surface area (Å²) < 4.78 is 27.0. The van der Waals surface area contributed by atoms with E-state index in [2.05, 4.69) is 10.0 Å². The molecule has 8 heteroatoms. The van der Waals surface area contributed by atoms with Gasteiger partial charge in [0.15, 0.2) is 0 Å². The molecule has 124 valence electrons. The van der Waals surface area contributed by atoms with Crippen molar-refractivity contribution in [1.29, 1.82) is 0 Å². The fourth-order valence-electron chi connectivity index (χ4n) is 2.76. The number of thioether (sulfide) groups is 1. The molecule has 3 rings (SSSR count). The normalized spacial score (nSPS) is 18.9. The molecule has 0 aromatic heterocycles. The second-order valence-corrected chi connectivity index (χ2v) is 8.63. The summed E-state index contributed by atoms with van der Waals surface area (Å²) in [5, 5.41) is 2.71. The molecule has 2 N–H and O–H groups in total. The van der Waals surface area contributed by atoms with Crippen LogP contribution in [0, 0.1) is 5.92 Å². The Balaban J connectivity index is 1.77. The second kappa shape index (κ2) is 6.52. The highest BCUT2D eigenvalue weighted by Gasteiger charge is 2.27. The molecule has 0 atom stereocenters. The van der Waals surface area contributed by atoms with Gasteiger partial charge >= 0.3 is 0 Å². The Morgan fingerprint density at radius 3 is 2.70 bits per heavy atom. The summed E-state index contributed by atoms with van der Waals surface area (Å²) in [7, 11) is -3.87. The lowest BCUT2D eigenvalue weighted by Crippen LogP contribution is -2.37. The number of rotatable bonds is 3. The average Bonchev–Trinajstić information content (AvgIpc) is 2.54. The molecule has 0 saturated carbocycles. The summed E-state index contributed by atoms with van der Waals surface area (Å²) in [6.45, 7) is 0. The van der Waals surface area contributed by atoms with Crippen molar-refractivity contribution in [3.05, 3.63) is 23.8 Å². The maximum atomic E-state index is 12.4. The van der Waals surface area contributed by atoms with Gasteiger partial charge in [-0.1, -0.05) is 0 Å². The third kappa shape index (κ3) is 3.69. The van der Waals surface area contributed by atoms with E-state index in [-0.39, 0.29) is 16.7 Å². The van der Waals surface area contributed by atoms with Gasteiger partial charge in [-0.25, -0.2) is 13.1 Å². The van der Waals surface area contributed by atoms with Gasteiger partial charge in [0.05, 0.1) is 4.90 Å². The molecule has 6 nitrogen and oxygen atoms in total. The minimum absolute atomic E-state index is 0.0610. The number of amides is 2. The topological polar surface area (TPSA) is 92.3 Å². The minimum atomic E-state index is -3.87. The number of anilines is 1. The lowest BCUT2D eigenvalue weighted by molar-refractivity contribution is -0.123. The Morgan fingerprint density at radius 1 is 1.22 bits per heavy atom. The third-order valence-electron chi connectivity index (χ3n) is 4.11. The van der Waals surface area contributed by atoms with E-state index < -0.39 is 15.9 Å². The highest BCUT2D eigenvalue weighted by molar-refractivity contribution is 7.99. The Bertz CT molecular complexity index is 740. The molecule has 1 aromatic rings. The van der Waals surface area contributed by atoms with Crippen molar-refractivity contribution in [3.63, 3.8) is 0 Å². The molecule has 1 fully saturated rings. The van der Waals surface area contributed by atoms with E-state index in [1.807, 2.05) is 0 Å². The van der Waals surface area contributed by atoms with Gasteiger partial charge < -0.3 is 5.32 Å². The largest absolute Gasteiger partial charge is 0.326 e. The molecule has 0 radical (unpaired) electrons. The first-order valence-electron chi connectivity index (χ1n) is 7.53. The molecule has 1 saturated heterocycles. The predicted octanol–water partition coefficient (Wildman–Crippen LogP) is 1.52. The first-order valence-corrected chi connectivity index (χ1v) is 10.2. The van der Waals surface area contributed by atoms with Crippen molar-refractivity contribution in [1.82, 2.24) is 4.72 Å². The Morgan fingerprint density at radius 2 is 1.96 bits per heavy atom. The van der Waals surface area contributed by atoms with Crippen molar-refractivity contribution >= 4 is 39.3 Å².